The van der Waals surface area contributed by atoms with E-state index < -0.39 is 23.6 Å². The van der Waals surface area contributed by atoms with E-state index in [0.29, 0.717) is 48.2 Å². The second-order valence-corrected chi connectivity index (χ2v) is 10.7. The lowest BCUT2D eigenvalue weighted by atomic mass is 9.96. The first-order valence-corrected chi connectivity index (χ1v) is 15.6. The predicted molar refractivity (Wildman–Crippen MR) is 188 cm³/mol. The summed E-state index contributed by atoms with van der Waals surface area (Å²) >= 11 is 0. The molecule has 0 bridgehead atoms. The first-order chi connectivity index (χ1) is 24.4. The van der Waals surface area contributed by atoms with E-state index in [4.69, 9.17) is 25.7 Å². The highest BCUT2D eigenvalue weighted by Gasteiger charge is 2.17. The van der Waals surface area contributed by atoms with E-state index in [1.807, 2.05) is 30.2 Å². The third-order valence-corrected chi connectivity index (χ3v) is 7.51. The van der Waals surface area contributed by atoms with Gasteiger partial charge >= 0.3 is 11.9 Å². The van der Waals surface area contributed by atoms with Gasteiger partial charge in [0.25, 0.3) is 0 Å². The van der Waals surface area contributed by atoms with E-state index in [9.17, 15) is 14.4 Å². The van der Waals surface area contributed by atoms with Gasteiger partial charge in [-0.25, -0.2) is 18.4 Å². The third-order valence-electron chi connectivity index (χ3n) is 7.51. The molecule has 0 radical (unpaired) electrons. The number of aldehydes is 1. The summed E-state index contributed by atoms with van der Waals surface area (Å²) < 4.78 is 46.4. The van der Waals surface area contributed by atoms with Crippen LogP contribution in [0.5, 0.6) is 5.75 Å². The summed E-state index contributed by atoms with van der Waals surface area (Å²) in [6, 6.07) is 27.5. The van der Waals surface area contributed by atoms with Gasteiger partial charge in [0.05, 0.1) is 25.4 Å². The maximum absolute atomic E-state index is 15.3. The molecule has 0 aliphatic heterocycles. The van der Waals surface area contributed by atoms with Crippen molar-refractivity contribution in [3.8, 4) is 40.3 Å². The summed E-state index contributed by atoms with van der Waals surface area (Å²) in [5.74, 6) is -0.538. The number of allylic oxidation sites excluding steroid dienone is 1. The number of rotatable bonds is 13. The number of halogens is 2. The van der Waals surface area contributed by atoms with Crippen LogP contribution in [0.3, 0.4) is 0 Å². The highest BCUT2D eigenvalue weighted by molar-refractivity contribution is 5.96. The van der Waals surface area contributed by atoms with Crippen LogP contribution in [-0.2, 0) is 25.5 Å². The number of terminal acetylenes is 1. The topological polar surface area (TPSA) is 99.1 Å². The number of carbonyl (C=O) groups excluding carboxylic acids is 3. The van der Waals surface area contributed by atoms with E-state index >= 15 is 8.78 Å². The number of esters is 2. The van der Waals surface area contributed by atoms with Gasteiger partial charge in [-0.3, -0.25) is 4.79 Å². The van der Waals surface area contributed by atoms with Crippen LogP contribution in [0.15, 0.2) is 103 Å². The molecule has 5 aromatic carbocycles. The van der Waals surface area contributed by atoms with Gasteiger partial charge < -0.3 is 19.3 Å². The third kappa shape index (κ3) is 9.72. The number of aliphatic hydroxyl groups is 1. The van der Waals surface area contributed by atoms with Gasteiger partial charge in [0.1, 0.15) is 12.0 Å². The molecule has 0 fully saturated rings. The molecule has 0 aromatic heterocycles. The van der Waals surface area contributed by atoms with Gasteiger partial charge in [-0.05, 0) is 69.4 Å². The molecule has 0 saturated carbocycles. The summed E-state index contributed by atoms with van der Waals surface area (Å²) in [7, 11) is 1.00. The molecule has 50 heavy (non-hydrogen) atoms. The minimum absolute atomic E-state index is 0.121. The quantitative estimate of drug-likeness (QED) is 0.0342. The van der Waals surface area contributed by atoms with Crippen LogP contribution < -0.4 is 4.74 Å². The second kappa shape index (κ2) is 18.4. The largest absolute Gasteiger partial charge is 0.493 e. The molecule has 0 aliphatic carbocycles. The van der Waals surface area contributed by atoms with Crippen molar-refractivity contribution in [3.63, 3.8) is 0 Å². The van der Waals surface area contributed by atoms with Crippen LogP contribution in [-0.4, -0.2) is 50.3 Å². The van der Waals surface area contributed by atoms with Gasteiger partial charge in [-0.2, -0.15) is 0 Å². The fourth-order valence-corrected chi connectivity index (χ4v) is 5.01. The van der Waals surface area contributed by atoms with Crippen molar-refractivity contribution in [3.05, 3.63) is 131 Å². The lowest BCUT2D eigenvalue weighted by Gasteiger charge is -2.11. The Labute approximate surface area is 288 Å². The Bertz CT molecular complexity index is 2010. The molecule has 5 rings (SSSR count). The van der Waals surface area contributed by atoms with Crippen LogP contribution in [0, 0.1) is 24.0 Å². The molecule has 1 N–H and O–H groups in total. The number of hydrogen-bond acceptors (Lipinski definition) is 7. The highest BCUT2D eigenvalue weighted by atomic mass is 19.2. The molecule has 0 aliphatic rings. The summed E-state index contributed by atoms with van der Waals surface area (Å²) in [4.78, 5) is 34.2. The minimum atomic E-state index is -0.958. The first-order valence-electron chi connectivity index (χ1n) is 15.6. The number of carbonyl (C=O) groups is 3. The van der Waals surface area contributed by atoms with Crippen LogP contribution in [0.25, 0.3) is 39.1 Å². The Hall–Kier alpha value is -6.11. The van der Waals surface area contributed by atoms with Crippen molar-refractivity contribution in [1.82, 2.24) is 0 Å². The molecular formula is C41H34F2O7. The monoisotopic (exact) mass is 676 g/mol. The Morgan fingerprint density at radius 1 is 0.760 bits per heavy atom. The zero-order valence-corrected chi connectivity index (χ0v) is 27.2. The highest BCUT2D eigenvalue weighted by Crippen LogP contribution is 2.33. The lowest BCUT2D eigenvalue weighted by molar-refractivity contribution is -0.136. The zero-order valence-electron chi connectivity index (χ0n) is 27.2. The molecule has 254 valence electrons. The summed E-state index contributed by atoms with van der Waals surface area (Å²) in [6.45, 7) is 0.728. The fraction of sp³-hybridized carbons (Fsp3) is 0.146. The van der Waals surface area contributed by atoms with Crippen LogP contribution in [0.4, 0.5) is 8.78 Å². The number of hydrogen-bond donors (Lipinski definition) is 1. The lowest BCUT2D eigenvalue weighted by Crippen LogP contribution is -2.08. The molecule has 0 spiro atoms. The molecule has 0 amide bonds. The molecule has 0 atom stereocenters. The Morgan fingerprint density at radius 3 is 2.08 bits per heavy atom. The molecule has 5 aromatic rings. The summed E-state index contributed by atoms with van der Waals surface area (Å²) in [5.41, 5.74) is 3.36. The molecule has 9 heteroatoms. The Balaban J connectivity index is 0.00000276. The normalized spacial score (nSPS) is 10.5. The van der Waals surface area contributed by atoms with E-state index in [0.717, 1.165) is 29.0 Å². The van der Waals surface area contributed by atoms with Crippen LogP contribution in [0.2, 0.25) is 0 Å². The summed E-state index contributed by atoms with van der Waals surface area (Å²) in [6.07, 6.45) is 9.61. The average molecular weight is 677 g/mol. The molecular weight excluding hydrogens is 642 g/mol. The maximum atomic E-state index is 15.3. The van der Waals surface area contributed by atoms with E-state index in [1.54, 1.807) is 78.9 Å². The standard InChI is InChI=1S/C40H30F2O6.CH4O/c1-2-37(44)47-23-4-22-46-34-16-8-28(9-17-34)20-24-48-40(45)33-15-13-30-25-32(14-12-31(30)26-33)36-19-18-35(38(41)39(36)42)29-10-6-27(7-11-29)5-3-21-43;1-2/h1,3,5-19,21,25-26H,4,20,22-24H2;2H,1H3/b5-3+;. The van der Waals surface area contributed by atoms with Crippen molar-refractivity contribution < 1.29 is 42.5 Å². The zero-order chi connectivity index (χ0) is 35.9. The number of benzene rings is 5. The SMILES string of the molecule is C#CC(=O)OCCCOc1ccc(CCOC(=O)c2ccc3cc(-c4ccc(-c5ccc(/C=C/C=O)cc5)c(F)c4F)ccc3c2)cc1.CO. The predicted octanol–water partition coefficient (Wildman–Crippen LogP) is 7.62. The maximum Gasteiger partial charge on any atom is 0.384 e. The second-order valence-electron chi connectivity index (χ2n) is 10.7. The van der Waals surface area contributed by atoms with Crippen molar-refractivity contribution in [2.24, 2.45) is 0 Å². The molecule has 0 heterocycles. The van der Waals surface area contributed by atoms with Gasteiger partial charge in [0.15, 0.2) is 11.6 Å². The van der Waals surface area contributed by atoms with Gasteiger partial charge in [-0.15, -0.1) is 6.42 Å². The van der Waals surface area contributed by atoms with Gasteiger partial charge in [0.2, 0.25) is 0 Å². The van der Waals surface area contributed by atoms with Crippen molar-refractivity contribution in [1.29, 1.82) is 0 Å². The van der Waals surface area contributed by atoms with Gasteiger partial charge in [0, 0.05) is 37.0 Å². The van der Waals surface area contributed by atoms with Crippen molar-refractivity contribution >= 4 is 35.1 Å². The van der Waals surface area contributed by atoms with Gasteiger partial charge in [-0.1, -0.05) is 72.8 Å². The average Bonchev–Trinajstić information content (AvgIpc) is 3.16. The molecule has 0 unspecified atom stereocenters. The first kappa shape index (κ1) is 36.7. The van der Waals surface area contributed by atoms with Crippen LogP contribution in [0.1, 0.15) is 27.9 Å². The van der Waals surface area contributed by atoms with E-state index in [2.05, 4.69) is 0 Å². The number of ether oxygens (including phenoxy) is 3. The smallest absolute Gasteiger partial charge is 0.384 e. The van der Waals surface area contributed by atoms with E-state index in [-0.39, 0.29) is 24.3 Å². The number of aliphatic hydroxyl groups excluding tert-OH is 1. The Kier molecular flexibility index (Phi) is 13.5. The molecule has 7 nitrogen and oxygen atoms in total. The summed E-state index contributed by atoms with van der Waals surface area (Å²) in [5, 5.41) is 8.50. The fourth-order valence-electron chi connectivity index (χ4n) is 5.01. The molecule has 0 saturated heterocycles. The van der Waals surface area contributed by atoms with Crippen molar-refractivity contribution in [2.45, 2.75) is 12.8 Å². The van der Waals surface area contributed by atoms with Crippen molar-refractivity contribution in [2.75, 3.05) is 26.9 Å². The van der Waals surface area contributed by atoms with E-state index in [1.165, 1.54) is 6.08 Å². The minimum Gasteiger partial charge on any atom is -0.493 e. The Morgan fingerprint density at radius 2 is 1.40 bits per heavy atom. The number of fused-ring (bicyclic) bond motifs is 1. The van der Waals surface area contributed by atoms with Crippen LogP contribution >= 0.6 is 0 Å².